The van der Waals surface area contributed by atoms with Gasteiger partial charge in [0.05, 0.1) is 24.4 Å². The zero-order valence-corrected chi connectivity index (χ0v) is 17.6. The van der Waals surface area contributed by atoms with Gasteiger partial charge in [0.1, 0.15) is 18.5 Å². The lowest BCUT2D eigenvalue weighted by atomic mass is 9.94. The SMILES string of the molecule is O=C(O)CCCC/C=C\C[C@H]1[C@@H](O)CO[C@@H]1/C=C/[C@@H](O)COc1cccc(C(F)(F)F)c1. The van der Waals surface area contributed by atoms with Gasteiger partial charge in [-0.2, -0.15) is 13.2 Å². The first kappa shape index (κ1) is 25.9. The second-order valence-electron chi connectivity index (χ2n) is 7.66. The summed E-state index contributed by atoms with van der Waals surface area (Å²) in [6, 6.07) is 4.43. The summed E-state index contributed by atoms with van der Waals surface area (Å²) in [5.74, 6) is -0.999. The second-order valence-corrected chi connectivity index (χ2v) is 7.66. The first-order chi connectivity index (χ1) is 15.2. The first-order valence-corrected chi connectivity index (χ1v) is 10.5. The van der Waals surface area contributed by atoms with Crippen molar-refractivity contribution in [1.82, 2.24) is 0 Å². The Morgan fingerprint density at radius 2 is 2.06 bits per heavy atom. The number of hydrogen-bond acceptors (Lipinski definition) is 5. The van der Waals surface area contributed by atoms with E-state index in [4.69, 9.17) is 14.6 Å². The normalized spacial score (nSPS) is 22.6. The Balaban J connectivity index is 1.78. The molecular formula is C23H29F3O6. The fourth-order valence-electron chi connectivity index (χ4n) is 3.31. The number of hydrogen-bond donors (Lipinski definition) is 3. The van der Waals surface area contributed by atoms with Gasteiger partial charge >= 0.3 is 12.1 Å². The van der Waals surface area contributed by atoms with Crippen molar-refractivity contribution in [2.75, 3.05) is 13.2 Å². The Bertz CT molecular complexity index is 777. The Kier molecular flexibility index (Phi) is 10.2. The number of alkyl halides is 3. The summed E-state index contributed by atoms with van der Waals surface area (Å²) in [6.45, 7) is -0.0586. The third-order valence-electron chi connectivity index (χ3n) is 5.07. The molecule has 2 rings (SSSR count). The zero-order valence-electron chi connectivity index (χ0n) is 17.6. The highest BCUT2D eigenvalue weighted by molar-refractivity contribution is 5.66. The standard InChI is InChI=1S/C23H29F3O6/c24-23(25,26)16-7-6-8-18(13-16)31-14-17(27)11-12-21-19(20(28)15-32-21)9-4-2-1-3-5-10-22(29)30/h2,4,6-8,11-13,17,19-21,27-28H,1,3,5,9-10,14-15H2,(H,29,30)/b4-2-,12-11+/t17-,19+,20+,21-/m1/s1. The Morgan fingerprint density at radius 1 is 1.28 bits per heavy atom. The van der Waals surface area contributed by atoms with Gasteiger partial charge in [0.2, 0.25) is 0 Å². The molecule has 1 aliphatic rings. The minimum absolute atomic E-state index is 0.00572. The first-order valence-electron chi connectivity index (χ1n) is 10.5. The van der Waals surface area contributed by atoms with Gasteiger partial charge in [-0.15, -0.1) is 0 Å². The van der Waals surface area contributed by atoms with Gasteiger partial charge in [-0.3, -0.25) is 4.79 Å². The Morgan fingerprint density at radius 3 is 2.78 bits per heavy atom. The predicted octanol–water partition coefficient (Wildman–Crippen LogP) is 3.97. The number of benzene rings is 1. The largest absolute Gasteiger partial charge is 0.491 e. The van der Waals surface area contributed by atoms with Crippen molar-refractivity contribution >= 4 is 5.97 Å². The molecule has 1 aromatic carbocycles. The van der Waals surface area contributed by atoms with Crippen LogP contribution in [0.5, 0.6) is 5.75 Å². The van der Waals surface area contributed by atoms with E-state index in [0.29, 0.717) is 12.8 Å². The number of carboxylic acid groups (broad SMARTS) is 1. The number of allylic oxidation sites excluding steroid dienone is 2. The molecule has 0 saturated carbocycles. The third-order valence-corrected chi connectivity index (χ3v) is 5.07. The number of carboxylic acids is 1. The molecule has 0 aromatic heterocycles. The fraction of sp³-hybridized carbons (Fsp3) is 0.522. The molecule has 1 aliphatic heterocycles. The maximum Gasteiger partial charge on any atom is 0.416 e. The van der Waals surface area contributed by atoms with Gasteiger partial charge in [0, 0.05) is 12.3 Å². The van der Waals surface area contributed by atoms with Crippen LogP contribution in [0.4, 0.5) is 13.2 Å². The monoisotopic (exact) mass is 458 g/mol. The van der Waals surface area contributed by atoms with E-state index < -0.39 is 36.0 Å². The molecule has 6 nitrogen and oxygen atoms in total. The van der Waals surface area contributed by atoms with Crippen molar-refractivity contribution in [2.24, 2.45) is 5.92 Å². The number of aliphatic carboxylic acids is 1. The van der Waals surface area contributed by atoms with E-state index in [-0.39, 0.29) is 31.3 Å². The fourth-order valence-corrected chi connectivity index (χ4v) is 3.31. The van der Waals surface area contributed by atoms with Crippen LogP contribution in [0, 0.1) is 5.92 Å². The lowest BCUT2D eigenvalue weighted by Gasteiger charge is -2.16. The van der Waals surface area contributed by atoms with Gasteiger partial charge < -0.3 is 24.8 Å². The summed E-state index contributed by atoms with van der Waals surface area (Å²) in [5.41, 5.74) is -0.828. The Labute approximate surface area is 185 Å². The number of aliphatic hydroxyl groups excluding tert-OH is 2. The van der Waals surface area contributed by atoms with Crippen molar-refractivity contribution in [3.63, 3.8) is 0 Å². The smallest absolute Gasteiger partial charge is 0.416 e. The molecule has 4 atom stereocenters. The van der Waals surface area contributed by atoms with Crippen LogP contribution in [0.15, 0.2) is 48.6 Å². The zero-order chi connectivity index (χ0) is 23.6. The molecule has 0 amide bonds. The summed E-state index contributed by atoms with van der Waals surface area (Å²) in [4.78, 5) is 10.5. The van der Waals surface area contributed by atoms with Crippen LogP contribution in [0.25, 0.3) is 0 Å². The highest BCUT2D eigenvalue weighted by Crippen LogP contribution is 2.31. The van der Waals surface area contributed by atoms with Crippen molar-refractivity contribution in [2.45, 2.75) is 56.6 Å². The molecule has 178 valence electrons. The molecule has 3 N–H and O–H groups in total. The molecule has 1 fully saturated rings. The summed E-state index contributed by atoms with van der Waals surface area (Å²) in [6.07, 6.45) is 3.20. The number of aliphatic hydroxyl groups is 2. The minimum Gasteiger partial charge on any atom is -0.491 e. The average molecular weight is 458 g/mol. The number of halogens is 3. The highest BCUT2D eigenvalue weighted by Gasteiger charge is 2.33. The summed E-state index contributed by atoms with van der Waals surface area (Å²) >= 11 is 0. The van der Waals surface area contributed by atoms with Crippen LogP contribution >= 0.6 is 0 Å². The van der Waals surface area contributed by atoms with E-state index in [1.54, 1.807) is 6.08 Å². The van der Waals surface area contributed by atoms with E-state index >= 15 is 0 Å². The summed E-state index contributed by atoms with van der Waals surface area (Å²) < 4.78 is 49.0. The number of unbranched alkanes of at least 4 members (excludes halogenated alkanes) is 2. The lowest BCUT2D eigenvalue weighted by Crippen LogP contribution is -2.23. The van der Waals surface area contributed by atoms with E-state index in [1.165, 1.54) is 18.2 Å². The van der Waals surface area contributed by atoms with E-state index in [1.807, 2.05) is 12.2 Å². The van der Waals surface area contributed by atoms with Crippen molar-refractivity contribution < 1.29 is 42.8 Å². The molecule has 1 aromatic rings. The van der Waals surface area contributed by atoms with Crippen LogP contribution < -0.4 is 4.74 Å². The van der Waals surface area contributed by atoms with Crippen molar-refractivity contribution in [3.8, 4) is 5.75 Å². The summed E-state index contributed by atoms with van der Waals surface area (Å²) in [5, 5.41) is 28.8. The average Bonchev–Trinajstić information content (AvgIpc) is 3.09. The number of ether oxygens (including phenoxy) is 2. The van der Waals surface area contributed by atoms with E-state index in [0.717, 1.165) is 25.0 Å². The maximum atomic E-state index is 12.7. The van der Waals surface area contributed by atoms with Crippen LogP contribution in [-0.4, -0.2) is 52.8 Å². The molecule has 0 aliphatic carbocycles. The Hall–Kier alpha value is -2.36. The van der Waals surface area contributed by atoms with E-state index in [2.05, 4.69) is 0 Å². The highest BCUT2D eigenvalue weighted by atomic mass is 19.4. The van der Waals surface area contributed by atoms with Crippen LogP contribution in [0.3, 0.4) is 0 Å². The van der Waals surface area contributed by atoms with Crippen LogP contribution in [-0.2, 0) is 15.7 Å². The molecule has 1 heterocycles. The molecular weight excluding hydrogens is 429 g/mol. The predicted molar refractivity (Wildman–Crippen MR) is 111 cm³/mol. The maximum absolute atomic E-state index is 12.7. The van der Waals surface area contributed by atoms with E-state index in [9.17, 15) is 28.2 Å². The summed E-state index contributed by atoms with van der Waals surface area (Å²) in [7, 11) is 0. The van der Waals surface area contributed by atoms with Crippen molar-refractivity contribution in [3.05, 3.63) is 54.1 Å². The van der Waals surface area contributed by atoms with Gasteiger partial charge in [0.25, 0.3) is 0 Å². The van der Waals surface area contributed by atoms with Crippen molar-refractivity contribution in [1.29, 1.82) is 0 Å². The molecule has 9 heteroatoms. The van der Waals surface area contributed by atoms with Crippen LogP contribution in [0.2, 0.25) is 0 Å². The topological polar surface area (TPSA) is 96.2 Å². The molecule has 1 saturated heterocycles. The molecule has 0 spiro atoms. The second kappa shape index (κ2) is 12.6. The molecule has 32 heavy (non-hydrogen) atoms. The van der Waals surface area contributed by atoms with Crippen LogP contribution in [0.1, 0.15) is 37.7 Å². The van der Waals surface area contributed by atoms with Gasteiger partial charge in [-0.05, 0) is 43.9 Å². The number of carbonyl (C=O) groups is 1. The number of rotatable bonds is 12. The third kappa shape index (κ3) is 9.02. The molecule has 0 radical (unpaired) electrons. The molecule has 0 unspecified atom stereocenters. The van der Waals surface area contributed by atoms with Gasteiger partial charge in [-0.1, -0.05) is 30.4 Å². The van der Waals surface area contributed by atoms with Gasteiger partial charge in [0.15, 0.2) is 0 Å². The quantitative estimate of drug-likeness (QED) is 0.324. The lowest BCUT2D eigenvalue weighted by molar-refractivity contribution is -0.138. The van der Waals surface area contributed by atoms with Gasteiger partial charge in [-0.25, -0.2) is 0 Å². The minimum atomic E-state index is -4.47. The molecule has 0 bridgehead atoms.